The molecule has 2 unspecified atom stereocenters. The van der Waals surface area contributed by atoms with Crippen LogP contribution in [0.15, 0.2) is 47.1 Å². The Bertz CT molecular complexity index is 552. The topological polar surface area (TPSA) is 25.2 Å². The zero-order valence-corrected chi connectivity index (χ0v) is 13.4. The van der Waals surface area contributed by atoms with Crippen molar-refractivity contribution < 1.29 is 4.42 Å². The molecule has 0 saturated heterocycles. The van der Waals surface area contributed by atoms with Crippen LogP contribution in [0.4, 0.5) is 0 Å². The van der Waals surface area contributed by atoms with Crippen molar-refractivity contribution in [3.8, 4) is 0 Å². The van der Waals surface area contributed by atoms with Crippen LogP contribution in [0, 0.1) is 0 Å². The summed E-state index contributed by atoms with van der Waals surface area (Å²) in [6.45, 7) is 3.31. The van der Waals surface area contributed by atoms with Crippen molar-refractivity contribution in [2.45, 2.75) is 43.2 Å². The monoisotopic (exact) mass is 301 g/mol. The summed E-state index contributed by atoms with van der Waals surface area (Å²) < 4.78 is 5.47. The number of rotatable bonds is 6. The Hall–Kier alpha value is -1.19. The lowest BCUT2D eigenvalue weighted by molar-refractivity contribution is 0.471. The van der Waals surface area contributed by atoms with Gasteiger partial charge < -0.3 is 9.73 Å². The van der Waals surface area contributed by atoms with E-state index in [-0.39, 0.29) is 0 Å². The van der Waals surface area contributed by atoms with Gasteiger partial charge in [0.05, 0.1) is 12.0 Å². The fourth-order valence-electron chi connectivity index (χ4n) is 3.03. The van der Waals surface area contributed by atoms with Crippen molar-refractivity contribution >= 4 is 11.8 Å². The fourth-order valence-corrected chi connectivity index (χ4v) is 4.30. The molecule has 1 heterocycles. The first-order valence-electron chi connectivity index (χ1n) is 7.83. The Kier molecular flexibility index (Phi) is 5.04. The highest BCUT2D eigenvalue weighted by Crippen LogP contribution is 2.38. The smallest absolute Gasteiger partial charge is 0.113 e. The summed E-state index contributed by atoms with van der Waals surface area (Å²) in [6, 6.07) is 13.4. The van der Waals surface area contributed by atoms with E-state index in [4.69, 9.17) is 4.42 Å². The maximum Gasteiger partial charge on any atom is 0.113 e. The molecule has 0 radical (unpaired) electrons. The highest BCUT2D eigenvalue weighted by molar-refractivity contribution is 7.99. The molecule has 0 bridgehead atoms. The van der Waals surface area contributed by atoms with Crippen molar-refractivity contribution in [1.82, 2.24) is 5.32 Å². The number of fused-ring (bicyclic) bond motifs is 1. The minimum Gasteiger partial charge on any atom is -0.468 e. The summed E-state index contributed by atoms with van der Waals surface area (Å²) in [4.78, 5) is 0. The molecule has 21 heavy (non-hydrogen) atoms. The normalized spacial score (nSPS) is 21.2. The van der Waals surface area contributed by atoms with E-state index in [1.165, 1.54) is 30.4 Å². The molecule has 1 aromatic carbocycles. The van der Waals surface area contributed by atoms with E-state index in [1.807, 2.05) is 17.8 Å². The Labute approximate surface area is 131 Å². The van der Waals surface area contributed by atoms with Crippen LogP contribution in [-0.4, -0.2) is 11.8 Å². The van der Waals surface area contributed by atoms with Gasteiger partial charge in [-0.25, -0.2) is 0 Å². The van der Waals surface area contributed by atoms with Gasteiger partial charge in [0.25, 0.3) is 0 Å². The molecule has 0 amide bonds. The summed E-state index contributed by atoms with van der Waals surface area (Å²) in [5.41, 5.74) is 3.01. The number of benzene rings is 1. The lowest BCUT2D eigenvalue weighted by Gasteiger charge is -2.34. The summed E-state index contributed by atoms with van der Waals surface area (Å²) in [5, 5.41) is 4.38. The van der Waals surface area contributed by atoms with Crippen LogP contribution >= 0.6 is 11.8 Å². The van der Waals surface area contributed by atoms with Gasteiger partial charge >= 0.3 is 0 Å². The van der Waals surface area contributed by atoms with Crippen molar-refractivity contribution in [3.63, 3.8) is 0 Å². The molecule has 112 valence electrons. The summed E-state index contributed by atoms with van der Waals surface area (Å²) in [6.07, 6.45) is 5.37. The van der Waals surface area contributed by atoms with Crippen LogP contribution in [0.2, 0.25) is 0 Å². The second-order valence-corrected chi connectivity index (χ2v) is 6.83. The van der Waals surface area contributed by atoms with Gasteiger partial charge in [-0.1, -0.05) is 31.2 Å². The van der Waals surface area contributed by atoms with Gasteiger partial charge in [0.2, 0.25) is 0 Å². The van der Waals surface area contributed by atoms with Crippen LogP contribution in [0.5, 0.6) is 0 Å². The molecule has 2 atom stereocenters. The summed E-state index contributed by atoms with van der Waals surface area (Å²) in [7, 11) is 0. The predicted octanol–water partition coefficient (Wildman–Crippen LogP) is 4.57. The first-order chi connectivity index (χ1) is 10.4. The first kappa shape index (κ1) is 14.7. The van der Waals surface area contributed by atoms with Crippen LogP contribution in [0.3, 0.4) is 0 Å². The average Bonchev–Trinajstić information content (AvgIpc) is 3.04. The molecule has 0 aliphatic heterocycles. The van der Waals surface area contributed by atoms with Gasteiger partial charge in [0.1, 0.15) is 5.76 Å². The van der Waals surface area contributed by atoms with E-state index in [0.717, 1.165) is 18.1 Å². The summed E-state index contributed by atoms with van der Waals surface area (Å²) >= 11 is 2.02. The van der Waals surface area contributed by atoms with Gasteiger partial charge in [-0.2, -0.15) is 0 Å². The van der Waals surface area contributed by atoms with Crippen molar-refractivity contribution in [3.05, 3.63) is 59.5 Å². The van der Waals surface area contributed by atoms with E-state index in [9.17, 15) is 0 Å². The number of aryl methyl sites for hydroxylation is 1. The second-order valence-electron chi connectivity index (χ2n) is 5.60. The quantitative estimate of drug-likeness (QED) is 0.846. The third-order valence-electron chi connectivity index (χ3n) is 4.09. The molecule has 3 heteroatoms. The fraction of sp³-hybridized carbons (Fsp3) is 0.444. The highest BCUT2D eigenvalue weighted by atomic mass is 32.2. The van der Waals surface area contributed by atoms with Gasteiger partial charge in [0, 0.05) is 11.3 Å². The van der Waals surface area contributed by atoms with E-state index in [1.54, 1.807) is 6.26 Å². The van der Waals surface area contributed by atoms with Gasteiger partial charge in [0.15, 0.2) is 0 Å². The molecule has 1 aliphatic carbocycles. The largest absolute Gasteiger partial charge is 0.468 e. The lowest BCUT2D eigenvalue weighted by atomic mass is 9.87. The van der Waals surface area contributed by atoms with Crippen LogP contribution in [0.25, 0.3) is 0 Å². The SMILES string of the molecule is CCCNC1c2ccccc2CCC1SCc1ccco1. The maximum absolute atomic E-state index is 5.47. The second kappa shape index (κ2) is 7.19. The third-order valence-corrected chi connectivity index (χ3v) is 5.48. The van der Waals surface area contributed by atoms with Crippen LogP contribution < -0.4 is 5.32 Å². The van der Waals surface area contributed by atoms with Gasteiger partial charge in [-0.15, -0.1) is 11.8 Å². The molecule has 1 aliphatic rings. The molecular formula is C18H23NOS. The van der Waals surface area contributed by atoms with Crippen LogP contribution in [0.1, 0.15) is 42.7 Å². The number of thioether (sulfide) groups is 1. The molecule has 2 aromatic rings. The van der Waals surface area contributed by atoms with E-state index < -0.39 is 0 Å². The lowest BCUT2D eigenvalue weighted by Crippen LogP contribution is -2.34. The zero-order valence-electron chi connectivity index (χ0n) is 12.5. The molecule has 0 saturated carbocycles. The van der Waals surface area contributed by atoms with Crippen molar-refractivity contribution in [1.29, 1.82) is 0 Å². The number of hydrogen-bond donors (Lipinski definition) is 1. The maximum atomic E-state index is 5.47. The molecule has 1 aromatic heterocycles. The molecule has 2 nitrogen and oxygen atoms in total. The molecule has 0 spiro atoms. The van der Waals surface area contributed by atoms with E-state index >= 15 is 0 Å². The number of hydrogen-bond acceptors (Lipinski definition) is 3. The Balaban J connectivity index is 1.73. The predicted molar refractivity (Wildman–Crippen MR) is 89.6 cm³/mol. The number of furan rings is 1. The Morgan fingerprint density at radius 2 is 2.14 bits per heavy atom. The zero-order chi connectivity index (χ0) is 14.5. The molecule has 0 fully saturated rings. The molecule has 1 N–H and O–H groups in total. The summed E-state index contributed by atoms with van der Waals surface area (Å²) in [5.74, 6) is 2.04. The minimum absolute atomic E-state index is 0.467. The van der Waals surface area contributed by atoms with Gasteiger partial charge in [-0.3, -0.25) is 0 Å². The first-order valence-corrected chi connectivity index (χ1v) is 8.88. The van der Waals surface area contributed by atoms with Crippen molar-refractivity contribution in [2.24, 2.45) is 0 Å². The number of nitrogens with one attached hydrogen (secondary N) is 1. The van der Waals surface area contributed by atoms with Gasteiger partial charge in [-0.05, 0) is 49.1 Å². The molecule has 3 rings (SSSR count). The third kappa shape index (κ3) is 3.53. The molecular weight excluding hydrogens is 278 g/mol. The average molecular weight is 301 g/mol. The Morgan fingerprint density at radius 1 is 1.24 bits per heavy atom. The van der Waals surface area contributed by atoms with Crippen molar-refractivity contribution in [2.75, 3.05) is 6.54 Å². The van der Waals surface area contributed by atoms with Crippen LogP contribution in [-0.2, 0) is 12.2 Å². The Morgan fingerprint density at radius 3 is 2.95 bits per heavy atom. The minimum atomic E-state index is 0.467. The highest BCUT2D eigenvalue weighted by Gasteiger charge is 2.29. The van der Waals surface area contributed by atoms with E-state index in [2.05, 4.69) is 42.6 Å². The van der Waals surface area contributed by atoms with E-state index in [0.29, 0.717) is 11.3 Å². The standard InChI is InChI=1S/C18H23NOS/c1-2-11-19-18-16-8-4-3-6-14(16)9-10-17(18)21-13-15-7-5-12-20-15/h3-8,12,17-19H,2,9-11,13H2,1H3.